The lowest BCUT2D eigenvalue weighted by Gasteiger charge is -2.15. The van der Waals surface area contributed by atoms with E-state index in [1.807, 2.05) is 56.3 Å². The summed E-state index contributed by atoms with van der Waals surface area (Å²) in [6.07, 6.45) is 0. The third kappa shape index (κ3) is 3.86. The molecule has 1 atom stereocenters. The second-order valence-corrected chi connectivity index (χ2v) is 6.61. The van der Waals surface area contributed by atoms with Crippen LogP contribution in [0.4, 0.5) is 0 Å². The highest BCUT2D eigenvalue weighted by molar-refractivity contribution is 6.31. The summed E-state index contributed by atoms with van der Waals surface area (Å²) in [5.74, 6) is -0.436. The summed E-state index contributed by atoms with van der Waals surface area (Å²) < 4.78 is 0. The van der Waals surface area contributed by atoms with E-state index in [2.05, 4.69) is 10.3 Å². The molecule has 3 rings (SSSR count). The number of amides is 1. The zero-order valence-corrected chi connectivity index (χ0v) is 15.3. The molecule has 2 N–H and O–H groups in total. The number of hydrogen-bond acceptors (Lipinski definition) is 2. The summed E-state index contributed by atoms with van der Waals surface area (Å²) in [5.41, 5.74) is 3.12. The van der Waals surface area contributed by atoms with Crippen molar-refractivity contribution >= 4 is 17.5 Å². The average molecular weight is 367 g/mol. The van der Waals surface area contributed by atoms with E-state index >= 15 is 0 Å². The zero-order valence-electron chi connectivity index (χ0n) is 14.5. The molecule has 3 aromatic rings. The Kier molecular flexibility index (Phi) is 5.24. The first-order chi connectivity index (χ1) is 12.5. The predicted molar refractivity (Wildman–Crippen MR) is 105 cm³/mol. The molecule has 132 valence electrons. The van der Waals surface area contributed by atoms with Crippen LogP contribution in [-0.4, -0.2) is 10.9 Å². The number of carbonyl (C=O) groups is 1. The summed E-state index contributed by atoms with van der Waals surface area (Å²) in [6, 6.07) is 18.1. The van der Waals surface area contributed by atoms with Crippen LogP contribution in [0.1, 0.15) is 34.5 Å². The molecule has 5 heteroatoms. The van der Waals surface area contributed by atoms with E-state index in [1.165, 1.54) is 0 Å². The fourth-order valence-electron chi connectivity index (χ4n) is 2.81. The minimum atomic E-state index is -0.436. The highest BCUT2D eigenvalue weighted by Crippen LogP contribution is 2.22. The Morgan fingerprint density at radius 3 is 2.54 bits per heavy atom. The van der Waals surface area contributed by atoms with Crippen molar-refractivity contribution in [2.45, 2.75) is 19.9 Å². The molecule has 1 aromatic heterocycles. The normalized spacial score (nSPS) is 11.8. The lowest BCUT2D eigenvalue weighted by molar-refractivity contribution is 0.0938. The van der Waals surface area contributed by atoms with Crippen LogP contribution in [0.3, 0.4) is 0 Å². The van der Waals surface area contributed by atoms with Crippen molar-refractivity contribution < 1.29 is 4.79 Å². The fourth-order valence-corrected chi connectivity index (χ4v) is 3.11. The molecule has 0 saturated carbocycles. The van der Waals surface area contributed by atoms with E-state index < -0.39 is 11.5 Å². The minimum Gasteiger partial charge on any atom is -0.345 e. The number of hydrogen-bond donors (Lipinski definition) is 2. The third-order valence-electron chi connectivity index (χ3n) is 4.20. The molecule has 4 nitrogen and oxygen atoms in total. The number of H-pyrrole nitrogens is 1. The van der Waals surface area contributed by atoms with Gasteiger partial charge < -0.3 is 10.3 Å². The van der Waals surface area contributed by atoms with Crippen LogP contribution in [0, 0.1) is 6.92 Å². The number of aromatic amines is 1. The number of rotatable bonds is 4. The smallest absolute Gasteiger partial charge is 0.261 e. The molecule has 1 amide bonds. The topological polar surface area (TPSA) is 62.0 Å². The molecule has 0 bridgehead atoms. The molecule has 0 aliphatic heterocycles. The van der Waals surface area contributed by atoms with E-state index in [0.717, 1.165) is 16.7 Å². The van der Waals surface area contributed by atoms with Gasteiger partial charge in [0.25, 0.3) is 11.5 Å². The Balaban J connectivity index is 1.82. The van der Waals surface area contributed by atoms with Gasteiger partial charge in [0.15, 0.2) is 0 Å². The first-order valence-corrected chi connectivity index (χ1v) is 8.69. The largest absolute Gasteiger partial charge is 0.345 e. The number of carbonyl (C=O) groups excluding carboxylic acids is 1. The second-order valence-electron chi connectivity index (χ2n) is 6.20. The summed E-state index contributed by atoms with van der Waals surface area (Å²) in [5, 5.41) is 3.39. The van der Waals surface area contributed by atoms with Crippen molar-refractivity contribution in [3.05, 3.63) is 92.7 Å². The molecule has 2 aromatic carbocycles. The van der Waals surface area contributed by atoms with Crippen molar-refractivity contribution in [2.24, 2.45) is 0 Å². The first-order valence-electron chi connectivity index (χ1n) is 8.31. The highest BCUT2D eigenvalue weighted by atomic mass is 35.5. The van der Waals surface area contributed by atoms with Crippen LogP contribution >= 0.6 is 11.6 Å². The van der Waals surface area contributed by atoms with Crippen LogP contribution < -0.4 is 10.9 Å². The number of halogens is 1. The number of aryl methyl sites for hydroxylation is 1. The lowest BCUT2D eigenvalue weighted by Crippen LogP contribution is -2.31. The van der Waals surface area contributed by atoms with Gasteiger partial charge in [-0.1, -0.05) is 53.6 Å². The average Bonchev–Trinajstić information content (AvgIpc) is 2.61. The standard InChI is InChI=1S/C21H19ClN2O2/c1-13-6-5-7-15(12-13)19-11-10-17(21(26)24-19)20(25)23-14(2)16-8-3-4-9-18(16)22/h3-12,14H,1-2H3,(H,23,25)(H,24,26). The summed E-state index contributed by atoms with van der Waals surface area (Å²) >= 11 is 6.16. The van der Waals surface area contributed by atoms with Crippen LogP contribution in [0.2, 0.25) is 5.02 Å². The van der Waals surface area contributed by atoms with E-state index in [1.54, 1.807) is 18.2 Å². The maximum absolute atomic E-state index is 12.5. The van der Waals surface area contributed by atoms with Crippen molar-refractivity contribution in [3.8, 4) is 11.3 Å². The van der Waals surface area contributed by atoms with Gasteiger partial charge in [0.05, 0.1) is 6.04 Å². The second kappa shape index (κ2) is 7.58. The third-order valence-corrected chi connectivity index (χ3v) is 4.55. The van der Waals surface area contributed by atoms with Gasteiger partial charge >= 0.3 is 0 Å². The van der Waals surface area contributed by atoms with Crippen LogP contribution in [0.15, 0.2) is 65.5 Å². The van der Waals surface area contributed by atoms with Gasteiger partial charge in [0, 0.05) is 10.7 Å². The van der Waals surface area contributed by atoms with Crippen molar-refractivity contribution in [3.63, 3.8) is 0 Å². The number of benzene rings is 2. The minimum absolute atomic E-state index is 0.0697. The molecule has 0 aliphatic carbocycles. The molecule has 1 unspecified atom stereocenters. The van der Waals surface area contributed by atoms with Crippen molar-refractivity contribution in [2.75, 3.05) is 0 Å². The Morgan fingerprint density at radius 2 is 1.85 bits per heavy atom. The lowest BCUT2D eigenvalue weighted by atomic mass is 10.1. The van der Waals surface area contributed by atoms with Crippen LogP contribution in [0.5, 0.6) is 0 Å². The molecule has 1 heterocycles. The summed E-state index contributed by atoms with van der Waals surface area (Å²) in [6.45, 7) is 3.81. The Labute approximate surface area is 156 Å². The highest BCUT2D eigenvalue weighted by Gasteiger charge is 2.16. The van der Waals surface area contributed by atoms with Crippen molar-refractivity contribution in [1.82, 2.24) is 10.3 Å². The molecule has 26 heavy (non-hydrogen) atoms. The Morgan fingerprint density at radius 1 is 1.08 bits per heavy atom. The molecular formula is C21H19ClN2O2. The molecular weight excluding hydrogens is 348 g/mol. The van der Waals surface area contributed by atoms with Gasteiger partial charge in [-0.3, -0.25) is 9.59 Å². The monoisotopic (exact) mass is 366 g/mol. The number of pyridine rings is 1. The fraction of sp³-hybridized carbons (Fsp3) is 0.143. The molecule has 0 radical (unpaired) electrons. The van der Waals surface area contributed by atoms with Gasteiger partial charge in [-0.15, -0.1) is 0 Å². The summed E-state index contributed by atoms with van der Waals surface area (Å²) in [7, 11) is 0. The molecule has 0 fully saturated rings. The van der Waals surface area contributed by atoms with Gasteiger partial charge in [0.1, 0.15) is 5.56 Å². The zero-order chi connectivity index (χ0) is 18.7. The summed E-state index contributed by atoms with van der Waals surface area (Å²) in [4.78, 5) is 27.7. The van der Waals surface area contributed by atoms with Gasteiger partial charge in [0.2, 0.25) is 0 Å². The number of aromatic nitrogens is 1. The van der Waals surface area contributed by atoms with E-state index in [4.69, 9.17) is 11.6 Å². The maximum atomic E-state index is 12.5. The Hall–Kier alpha value is -2.85. The Bertz CT molecular complexity index is 1010. The van der Waals surface area contributed by atoms with Gasteiger partial charge in [-0.05, 0) is 49.2 Å². The van der Waals surface area contributed by atoms with Gasteiger partial charge in [-0.2, -0.15) is 0 Å². The SMILES string of the molecule is Cc1cccc(-c2ccc(C(=O)NC(C)c3ccccc3Cl)c(=O)[nH]2)c1. The number of nitrogens with one attached hydrogen (secondary N) is 2. The predicted octanol–water partition coefficient (Wildman–Crippen LogP) is 4.49. The van der Waals surface area contributed by atoms with Crippen LogP contribution in [0.25, 0.3) is 11.3 Å². The molecule has 0 saturated heterocycles. The van der Waals surface area contributed by atoms with Crippen LogP contribution in [-0.2, 0) is 0 Å². The maximum Gasteiger partial charge on any atom is 0.261 e. The van der Waals surface area contributed by atoms with E-state index in [0.29, 0.717) is 10.7 Å². The van der Waals surface area contributed by atoms with E-state index in [-0.39, 0.29) is 11.6 Å². The van der Waals surface area contributed by atoms with E-state index in [9.17, 15) is 9.59 Å². The first kappa shape index (κ1) is 18.0. The quantitative estimate of drug-likeness (QED) is 0.714. The molecule has 0 aliphatic rings. The molecule has 0 spiro atoms. The van der Waals surface area contributed by atoms with Gasteiger partial charge in [-0.25, -0.2) is 0 Å². The van der Waals surface area contributed by atoms with Crippen molar-refractivity contribution in [1.29, 1.82) is 0 Å².